The van der Waals surface area contributed by atoms with Gasteiger partial charge in [-0.15, -0.1) is 24.8 Å². The summed E-state index contributed by atoms with van der Waals surface area (Å²) in [6.45, 7) is 8.03. The van der Waals surface area contributed by atoms with Crippen molar-refractivity contribution >= 4 is 30.7 Å². The second-order valence-electron chi connectivity index (χ2n) is 5.58. The summed E-state index contributed by atoms with van der Waals surface area (Å²) < 4.78 is 5.56. The molecule has 0 aromatic carbocycles. The van der Waals surface area contributed by atoms with Crippen molar-refractivity contribution in [3.05, 3.63) is 0 Å². The Kier molecular flexibility index (Phi) is 11.5. The van der Waals surface area contributed by atoms with Crippen LogP contribution in [-0.4, -0.2) is 62.3 Å². The minimum absolute atomic E-state index is 0. The Morgan fingerprint density at radius 3 is 2.62 bits per heavy atom. The first kappa shape index (κ1) is 20.9. The lowest BCUT2D eigenvalue weighted by molar-refractivity contribution is -0.125. The molecule has 2 N–H and O–H groups in total. The van der Waals surface area contributed by atoms with E-state index in [1.807, 2.05) is 0 Å². The standard InChI is InChI=1S/C14H27N3O2.2ClH/c1-2-6-17-7-3-12(4-8-17)16-14(18)10-13-11-15-5-9-19-13;;/h12-13,15H,2-11H2,1H3,(H,16,18);2*1H. The first-order valence-corrected chi connectivity index (χ1v) is 7.62. The van der Waals surface area contributed by atoms with E-state index in [1.54, 1.807) is 0 Å². The van der Waals surface area contributed by atoms with E-state index in [0.717, 1.165) is 39.0 Å². The van der Waals surface area contributed by atoms with Crippen molar-refractivity contribution in [1.29, 1.82) is 0 Å². The predicted octanol–water partition coefficient (Wildman–Crippen LogP) is 1.20. The number of carbonyl (C=O) groups is 1. The maximum atomic E-state index is 12.0. The first-order chi connectivity index (χ1) is 9.28. The highest BCUT2D eigenvalue weighted by atomic mass is 35.5. The highest BCUT2D eigenvalue weighted by Gasteiger charge is 2.22. The lowest BCUT2D eigenvalue weighted by Gasteiger charge is -2.32. The molecule has 5 nitrogen and oxygen atoms in total. The van der Waals surface area contributed by atoms with E-state index in [1.165, 1.54) is 13.0 Å². The van der Waals surface area contributed by atoms with Crippen LogP contribution in [0.2, 0.25) is 0 Å². The summed E-state index contributed by atoms with van der Waals surface area (Å²) in [6.07, 6.45) is 3.91. The Labute approximate surface area is 140 Å². The van der Waals surface area contributed by atoms with Crippen molar-refractivity contribution < 1.29 is 9.53 Å². The SMILES string of the molecule is CCCN1CCC(NC(=O)CC2CNCCO2)CC1.Cl.Cl. The molecule has 2 saturated heterocycles. The number of morpholine rings is 1. The van der Waals surface area contributed by atoms with Gasteiger partial charge in [-0.3, -0.25) is 4.79 Å². The van der Waals surface area contributed by atoms with Gasteiger partial charge in [-0.1, -0.05) is 6.92 Å². The molecular formula is C14H29Cl2N3O2. The van der Waals surface area contributed by atoms with E-state index in [2.05, 4.69) is 22.5 Å². The number of amides is 1. The number of carbonyl (C=O) groups excluding carboxylic acids is 1. The number of rotatable bonds is 5. The Hall–Kier alpha value is -0.0700. The zero-order valence-electron chi connectivity index (χ0n) is 12.8. The van der Waals surface area contributed by atoms with E-state index in [0.29, 0.717) is 19.1 Å². The normalized spacial score (nSPS) is 23.8. The van der Waals surface area contributed by atoms with Crippen LogP contribution in [0.25, 0.3) is 0 Å². The van der Waals surface area contributed by atoms with Crippen molar-refractivity contribution in [1.82, 2.24) is 15.5 Å². The van der Waals surface area contributed by atoms with Crippen LogP contribution in [0.4, 0.5) is 0 Å². The second kappa shape index (κ2) is 11.5. The van der Waals surface area contributed by atoms with E-state index < -0.39 is 0 Å². The topological polar surface area (TPSA) is 53.6 Å². The van der Waals surface area contributed by atoms with Crippen LogP contribution in [-0.2, 0) is 9.53 Å². The molecule has 7 heteroatoms. The molecule has 1 unspecified atom stereocenters. The number of halogens is 2. The fourth-order valence-corrected chi connectivity index (χ4v) is 2.86. The molecule has 2 aliphatic heterocycles. The van der Waals surface area contributed by atoms with Gasteiger partial charge in [0.1, 0.15) is 0 Å². The maximum Gasteiger partial charge on any atom is 0.222 e. The quantitative estimate of drug-likeness (QED) is 0.788. The van der Waals surface area contributed by atoms with Crippen LogP contribution in [0.3, 0.4) is 0 Å². The molecule has 126 valence electrons. The summed E-state index contributed by atoms with van der Waals surface area (Å²) in [5, 5.41) is 6.41. The molecule has 2 aliphatic rings. The number of likely N-dealkylation sites (tertiary alicyclic amines) is 1. The average Bonchev–Trinajstić information content (AvgIpc) is 2.42. The molecule has 0 aliphatic carbocycles. The summed E-state index contributed by atoms with van der Waals surface area (Å²) >= 11 is 0. The van der Waals surface area contributed by atoms with E-state index in [4.69, 9.17) is 4.74 Å². The van der Waals surface area contributed by atoms with Gasteiger partial charge >= 0.3 is 0 Å². The highest BCUT2D eigenvalue weighted by molar-refractivity contribution is 5.85. The summed E-state index contributed by atoms with van der Waals surface area (Å²) in [5.41, 5.74) is 0. The van der Waals surface area contributed by atoms with Crippen LogP contribution in [0.5, 0.6) is 0 Å². The third kappa shape index (κ3) is 7.66. The molecule has 21 heavy (non-hydrogen) atoms. The molecule has 2 heterocycles. The Morgan fingerprint density at radius 2 is 2.05 bits per heavy atom. The van der Waals surface area contributed by atoms with Gasteiger partial charge in [-0.05, 0) is 25.8 Å². The summed E-state index contributed by atoms with van der Waals surface area (Å²) in [4.78, 5) is 14.4. The highest BCUT2D eigenvalue weighted by Crippen LogP contribution is 2.11. The number of hydrogen-bond acceptors (Lipinski definition) is 4. The maximum absolute atomic E-state index is 12.0. The van der Waals surface area contributed by atoms with Gasteiger partial charge in [-0.2, -0.15) is 0 Å². The monoisotopic (exact) mass is 341 g/mol. The Bertz CT molecular complexity index is 281. The Balaban J connectivity index is 0.00000200. The van der Waals surface area contributed by atoms with Crippen molar-refractivity contribution in [3.63, 3.8) is 0 Å². The predicted molar refractivity (Wildman–Crippen MR) is 89.6 cm³/mol. The number of nitrogens with zero attached hydrogens (tertiary/aromatic N) is 1. The van der Waals surface area contributed by atoms with Crippen molar-refractivity contribution in [3.8, 4) is 0 Å². The Morgan fingerprint density at radius 1 is 1.33 bits per heavy atom. The van der Waals surface area contributed by atoms with E-state index >= 15 is 0 Å². The molecule has 0 radical (unpaired) electrons. The molecule has 0 bridgehead atoms. The summed E-state index contributed by atoms with van der Waals surface area (Å²) in [7, 11) is 0. The van der Waals surface area contributed by atoms with Gasteiger partial charge in [0, 0.05) is 32.2 Å². The minimum Gasteiger partial charge on any atom is -0.375 e. The molecule has 2 rings (SSSR count). The van der Waals surface area contributed by atoms with Gasteiger partial charge in [0.2, 0.25) is 5.91 Å². The fraction of sp³-hybridized carbons (Fsp3) is 0.929. The largest absolute Gasteiger partial charge is 0.375 e. The minimum atomic E-state index is 0. The van der Waals surface area contributed by atoms with Crippen molar-refractivity contribution in [2.24, 2.45) is 0 Å². The second-order valence-corrected chi connectivity index (χ2v) is 5.58. The average molecular weight is 342 g/mol. The van der Waals surface area contributed by atoms with E-state index in [9.17, 15) is 4.79 Å². The van der Waals surface area contributed by atoms with Crippen LogP contribution >= 0.6 is 24.8 Å². The molecule has 0 aromatic rings. The lowest BCUT2D eigenvalue weighted by Crippen LogP contribution is -2.47. The molecule has 1 amide bonds. The molecule has 0 spiro atoms. The van der Waals surface area contributed by atoms with Crippen LogP contribution in [0, 0.1) is 0 Å². The molecular weight excluding hydrogens is 313 g/mol. The molecule has 0 aromatic heterocycles. The third-order valence-electron chi connectivity index (χ3n) is 3.91. The molecule has 2 fully saturated rings. The van der Waals surface area contributed by atoms with Gasteiger partial charge in [0.25, 0.3) is 0 Å². The summed E-state index contributed by atoms with van der Waals surface area (Å²) in [6, 6.07) is 0.358. The van der Waals surface area contributed by atoms with Gasteiger partial charge < -0.3 is 20.3 Å². The lowest BCUT2D eigenvalue weighted by atomic mass is 10.0. The van der Waals surface area contributed by atoms with E-state index in [-0.39, 0.29) is 36.8 Å². The number of nitrogens with one attached hydrogen (secondary N) is 2. The number of piperidine rings is 1. The molecule has 1 atom stereocenters. The third-order valence-corrected chi connectivity index (χ3v) is 3.91. The van der Waals surface area contributed by atoms with Gasteiger partial charge in [0.15, 0.2) is 0 Å². The smallest absolute Gasteiger partial charge is 0.222 e. The summed E-state index contributed by atoms with van der Waals surface area (Å²) in [5.74, 6) is 0.141. The van der Waals surface area contributed by atoms with Gasteiger partial charge in [-0.25, -0.2) is 0 Å². The zero-order chi connectivity index (χ0) is 13.5. The number of ether oxygens (including phenoxy) is 1. The molecule has 0 saturated carbocycles. The number of hydrogen-bond donors (Lipinski definition) is 2. The van der Waals surface area contributed by atoms with Crippen LogP contribution < -0.4 is 10.6 Å². The van der Waals surface area contributed by atoms with Crippen molar-refractivity contribution in [2.75, 3.05) is 39.3 Å². The van der Waals surface area contributed by atoms with Crippen molar-refractivity contribution in [2.45, 2.75) is 44.8 Å². The van der Waals surface area contributed by atoms with Crippen LogP contribution in [0.1, 0.15) is 32.6 Å². The van der Waals surface area contributed by atoms with Gasteiger partial charge in [0.05, 0.1) is 19.1 Å². The zero-order valence-corrected chi connectivity index (χ0v) is 14.4. The first-order valence-electron chi connectivity index (χ1n) is 7.62. The van der Waals surface area contributed by atoms with Crippen LogP contribution in [0.15, 0.2) is 0 Å². The fourth-order valence-electron chi connectivity index (χ4n) is 2.86.